The van der Waals surface area contributed by atoms with Gasteiger partial charge in [0.15, 0.2) is 0 Å². The van der Waals surface area contributed by atoms with Gasteiger partial charge in [-0.3, -0.25) is 0 Å². The normalized spacial score (nSPS) is 10.9. The molecule has 0 saturated heterocycles. The summed E-state index contributed by atoms with van der Waals surface area (Å²) in [5.41, 5.74) is 4.08. The maximum atomic E-state index is 12.0. The largest absolute Gasteiger partial charge is 0.497 e. The Balaban J connectivity index is 1.74. The van der Waals surface area contributed by atoms with E-state index in [1.54, 1.807) is 13.2 Å². The smallest absolute Gasteiger partial charge is 0.352 e. The minimum atomic E-state index is -0.966. The first-order valence-corrected chi connectivity index (χ1v) is 9.72. The molecule has 3 aromatic carbocycles. The summed E-state index contributed by atoms with van der Waals surface area (Å²) in [6.07, 6.45) is 0. The summed E-state index contributed by atoms with van der Waals surface area (Å²) in [7, 11) is 1.62. The topological polar surface area (TPSA) is 60.7 Å². The molecule has 0 aliphatic heterocycles. The van der Waals surface area contributed by atoms with Gasteiger partial charge in [-0.05, 0) is 47.9 Å². The Labute approximate surface area is 175 Å². The van der Waals surface area contributed by atoms with Gasteiger partial charge in [-0.15, -0.1) is 0 Å². The van der Waals surface area contributed by atoms with Gasteiger partial charge in [0.05, 0.1) is 12.6 Å². The Morgan fingerprint density at radius 2 is 1.70 bits per heavy atom. The van der Waals surface area contributed by atoms with Gasteiger partial charge >= 0.3 is 5.97 Å². The molecule has 0 saturated carbocycles. The lowest BCUT2D eigenvalue weighted by atomic mass is 10.1. The molecule has 1 aromatic heterocycles. The maximum absolute atomic E-state index is 12.0. The standard InChI is InChI=1S/C25H23NO4/c1-17-8-13-22-21(24(17)30-16-19-6-4-3-5-7-19)14-23(25(27)28)26(22)15-18-9-11-20(29-2)12-10-18/h3-14H,15-16H2,1-2H3,(H,27,28). The first kappa shape index (κ1) is 19.6. The molecule has 0 amide bonds. The highest BCUT2D eigenvalue weighted by Crippen LogP contribution is 2.33. The van der Waals surface area contributed by atoms with Crippen molar-refractivity contribution in [3.05, 3.63) is 95.2 Å². The average Bonchev–Trinajstić information content (AvgIpc) is 3.13. The van der Waals surface area contributed by atoms with Crippen molar-refractivity contribution in [1.82, 2.24) is 4.57 Å². The van der Waals surface area contributed by atoms with Crippen molar-refractivity contribution in [2.75, 3.05) is 7.11 Å². The summed E-state index contributed by atoms with van der Waals surface area (Å²) >= 11 is 0. The summed E-state index contributed by atoms with van der Waals surface area (Å²) < 4.78 is 13.2. The van der Waals surface area contributed by atoms with Crippen molar-refractivity contribution in [2.24, 2.45) is 0 Å². The number of carbonyl (C=O) groups is 1. The van der Waals surface area contributed by atoms with Gasteiger partial charge in [-0.1, -0.05) is 48.5 Å². The quantitative estimate of drug-likeness (QED) is 0.457. The SMILES string of the molecule is COc1ccc(Cn2c(C(=O)O)cc3c(OCc4ccccc4)c(C)ccc32)cc1. The molecule has 0 radical (unpaired) electrons. The Morgan fingerprint density at radius 1 is 0.967 bits per heavy atom. The van der Waals surface area contributed by atoms with Crippen LogP contribution >= 0.6 is 0 Å². The molecule has 152 valence electrons. The minimum absolute atomic E-state index is 0.232. The number of nitrogens with zero attached hydrogens (tertiary/aromatic N) is 1. The van der Waals surface area contributed by atoms with E-state index in [9.17, 15) is 9.90 Å². The molecule has 0 unspecified atom stereocenters. The van der Waals surface area contributed by atoms with Crippen LogP contribution in [0.2, 0.25) is 0 Å². The van der Waals surface area contributed by atoms with Crippen molar-refractivity contribution >= 4 is 16.9 Å². The molecular weight excluding hydrogens is 378 g/mol. The zero-order chi connectivity index (χ0) is 21.1. The van der Waals surface area contributed by atoms with E-state index in [4.69, 9.17) is 9.47 Å². The van der Waals surface area contributed by atoms with Gasteiger partial charge in [0.2, 0.25) is 0 Å². The maximum Gasteiger partial charge on any atom is 0.352 e. The second kappa shape index (κ2) is 8.33. The van der Waals surface area contributed by atoms with E-state index in [2.05, 4.69) is 0 Å². The molecule has 5 nitrogen and oxygen atoms in total. The molecule has 0 aliphatic rings. The van der Waals surface area contributed by atoms with Gasteiger partial charge in [-0.2, -0.15) is 0 Å². The molecule has 0 atom stereocenters. The molecule has 0 fully saturated rings. The third-order valence-electron chi connectivity index (χ3n) is 5.18. The van der Waals surface area contributed by atoms with Crippen LogP contribution in [-0.2, 0) is 13.2 Å². The van der Waals surface area contributed by atoms with Crippen molar-refractivity contribution in [3.8, 4) is 11.5 Å². The van der Waals surface area contributed by atoms with Crippen LogP contribution in [0, 0.1) is 6.92 Å². The van der Waals surface area contributed by atoms with Gasteiger partial charge in [0, 0.05) is 11.9 Å². The zero-order valence-electron chi connectivity index (χ0n) is 17.0. The van der Waals surface area contributed by atoms with Crippen molar-refractivity contribution in [3.63, 3.8) is 0 Å². The summed E-state index contributed by atoms with van der Waals surface area (Å²) in [5.74, 6) is 0.514. The Kier molecular flexibility index (Phi) is 5.44. The number of hydrogen-bond donors (Lipinski definition) is 1. The summed E-state index contributed by atoms with van der Waals surface area (Å²) in [4.78, 5) is 12.0. The molecule has 0 bridgehead atoms. The lowest BCUT2D eigenvalue weighted by Crippen LogP contribution is -2.09. The summed E-state index contributed by atoms with van der Waals surface area (Å²) in [6, 6.07) is 23.2. The number of fused-ring (bicyclic) bond motifs is 1. The molecule has 1 heterocycles. The minimum Gasteiger partial charge on any atom is -0.497 e. The van der Waals surface area contributed by atoms with Gasteiger partial charge in [0.25, 0.3) is 0 Å². The molecule has 4 rings (SSSR count). The number of benzene rings is 3. The van der Waals surface area contributed by atoms with E-state index in [0.29, 0.717) is 18.9 Å². The van der Waals surface area contributed by atoms with Gasteiger partial charge < -0.3 is 19.1 Å². The van der Waals surface area contributed by atoms with Crippen molar-refractivity contribution in [2.45, 2.75) is 20.1 Å². The lowest BCUT2D eigenvalue weighted by Gasteiger charge is -2.13. The number of ether oxygens (including phenoxy) is 2. The number of hydrogen-bond acceptors (Lipinski definition) is 3. The second-order valence-corrected chi connectivity index (χ2v) is 7.19. The second-order valence-electron chi connectivity index (χ2n) is 7.19. The monoisotopic (exact) mass is 401 g/mol. The third kappa shape index (κ3) is 3.87. The third-order valence-corrected chi connectivity index (χ3v) is 5.18. The highest BCUT2D eigenvalue weighted by atomic mass is 16.5. The number of aryl methyl sites for hydroxylation is 1. The number of aromatic carboxylic acids is 1. The first-order chi connectivity index (χ1) is 14.6. The highest BCUT2D eigenvalue weighted by Gasteiger charge is 2.19. The van der Waals surface area contributed by atoms with Crippen LogP contribution < -0.4 is 9.47 Å². The predicted octanol–water partition coefficient (Wildman–Crippen LogP) is 5.28. The van der Waals surface area contributed by atoms with Crippen LogP contribution in [-0.4, -0.2) is 22.8 Å². The Bertz CT molecular complexity index is 1180. The fourth-order valence-corrected chi connectivity index (χ4v) is 3.60. The molecule has 30 heavy (non-hydrogen) atoms. The van der Waals surface area contributed by atoms with E-state index >= 15 is 0 Å². The average molecular weight is 401 g/mol. The molecule has 0 spiro atoms. The fraction of sp³-hybridized carbons (Fsp3) is 0.160. The number of methoxy groups -OCH3 is 1. The number of carboxylic acid groups (broad SMARTS) is 1. The van der Waals surface area contributed by atoms with E-state index in [1.807, 2.05) is 78.2 Å². The lowest BCUT2D eigenvalue weighted by molar-refractivity contribution is 0.0686. The van der Waals surface area contributed by atoms with Gasteiger partial charge in [-0.25, -0.2) is 4.79 Å². The molecule has 4 aromatic rings. The Morgan fingerprint density at radius 3 is 2.37 bits per heavy atom. The summed E-state index contributed by atoms with van der Waals surface area (Å²) in [5, 5.41) is 10.6. The van der Waals surface area contributed by atoms with Crippen LogP contribution in [0.3, 0.4) is 0 Å². The van der Waals surface area contributed by atoms with Crippen molar-refractivity contribution in [1.29, 1.82) is 0 Å². The van der Waals surface area contributed by atoms with E-state index in [0.717, 1.165) is 33.3 Å². The van der Waals surface area contributed by atoms with Crippen LogP contribution in [0.25, 0.3) is 10.9 Å². The predicted molar refractivity (Wildman–Crippen MR) is 117 cm³/mol. The number of carboxylic acids is 1. The van der Waals surface area contributed by atoms with E-state index < -0.39 is 5.97 Å². The fourth-order valence-electron chi connectivity index (χ4n) is 3.60. The van der Waals surface area contributed by atoms with Crippen LogP contribution in [0.1, 0.15) is 27.2 Å². The van der Waals surface area contributed by atoms with Crippen LogP contribution in [0.5, 0.6) is 11.5 Å². The first-order valence-electron chi connectivity index (χ1n) is 9.72. The van der Waals surface area contributed by atoms with Crippen molar-refractivity contribution < 1.29 is 19.4 Å². The Hall–Kier alpha value is -3.73. The van der Waals surface area contributed by atoms with Crippen LogP contribution in [0.15, 0.2) is 72.8 Å². The van der Waals surface area contributed by atoms with Crippen LogP contribution in [0.4, 0.5) is 0 Å². The van der Waals surface area contributed by atoms with Gasteiger partial charge in [0.1, 0.15) is 23.8 Å². The molecule has 1 N–H and O–H groups in total. The summed E-state index contributed by atoms with van der Waals surface area (Å²) in [6.45, 7) is 2.84. The van der Waals surface area contributed by atoms with E-state index in [1.165, 1.54) is 0 Å². The zero-order valence-corrected chi connectivity index (χ0v) is 17.0. The molecular formula is C25H23NO4. The number of rotatable bonds is 7. The highest BCUT2D eigenvalue weighted by molar-refractivity contribution is 5.97. The molecule has 5 heteroatoms. The number of aromatic nitrogens is 1. The van der Waals surface area contributed by atoms with E-state index in [-0.39, 0.29) is 5.69 Å². The molecule has 0 aliphatic carbocycles.